The number of rotatable bonds is 5. The molecule has 0 saturated carbocycles. The van der Waals surface area contributed by atoms with Crippen molar-refractivity contribution in [1.29, 1.82) is 0 Å². The molecule has 0 radical (unpaired) electrons. The minimum atomic E-state index is 0.701. The average Bonchev–Trinajstić information content (AvgIpc) is 3.23. The van der Waals surface area contributed by atoms with Gasteiger partial charge in [-0.2, -0.15) is 0 Å². The zero-order valence-electron chi connectivity index (χ0n) is 18.0. The summed E-state index contributed by atoms with van der Waals surface area (Å²) in [7, 11) is 4.98. The molecule has 0 aromatic carbocycles. The summed E-state index contributed by atoms with van der Waals surface area (Å²) in [5.41, 5.74) is 2.90. The number of allylic oxidation sites excluding steroid dienone is 1. The van der Waals surface area contributed by atoms with E-state index in [0.29, 0.717) is 5.96 Å². The summed E-state index contributed by atoms with van der Waals surface area (Å²) in [6.07, 6.45) is 4.37. The molecule has 30 heavy (non-hydrogen) atoms. The molecule has 0 bridgehead atoms. The molecule has 1 saturated heterocycles. The fraction of sp³-hybridized carbons (Fsp3) is 0.429. The molecular formula is C21H30N6O2S. The van der Waals surface area contributed by atoms with Crippen molar-refractivity contribution in [2.75, 3.05) is 51.1 Å². The highest BCUT2D eigenvalue weighted by Gasteiger charge is 2.16. The molecule has 1 aliphatic rings. The Hall–Kier alpha value is -2.78. The van der Waals surface area contributed by atoms with Gasteiger partial charge in [-0.05, 0) is 38.0 Å². The molecule has 9 heteroatoms. The Labute approximate surface area is 182 Å². The van der Waals surface area contributed by atoms with Gasteiger partial charge in [-0.15, -0.1) is 11.3 Å². The number of guanidine groups is 1. The van der Waals surface area contributed by atoms with Crippen molar-refractivity contribution < 1.29 is 9.53 Å². The van der Waals surface area contributed by atoms with Crippen LogP contribution in [-0.4, -0.2) is 63.1 Å². The van der Waals surface area contributed by atoms with Gasteiger partial charge >= 0.3 is 0 Å². The number of nitrogens with one attached hydrogen (secondary N) is 2. The number of thiazole rings is 1. The third kappa shape index (κ3) is 6.93. The van der Waals surface area contributed by atoms with Gasteiger partial charge in [0.25, 0.3) is 0 Å². The van der Waals surface area contributed by atoms with Crippen LogP contribution in [-0.2, 0) is 9.53 Å². The molecule has 1 aliphatic heterocycles. The van der Waals surface area contributed by atoms with E-state index in [-0.39, 0.29) is 0 Å². The number of methoxy groups -OCH3 is 1. The number of hydrogen-bond acceptors (Lipinski definition) is 7. The number of piperidine rings is 1. The van der Waals surface area contributed by atoms with E-state index in [9.17, 15) is 4.79 Å². The van der Waals surface area contributed by atoms with Crippen LogP contribution in [0.5, 0.6) is 0 Å². The number of carbonyl (C=O) groups is 1. The molecule has 2 N–H and O–H groups in total. The molecule has 2 aromatic rings. The van der Waals surface area contributed by atoms with Crippen LogP contribution >= 0.6 is 11.3 Å². The summed E-state index contributed by atoms with van der Waals surface area (Å²) in [5.74, 6) is 1.65. The molecule has 0 atom stereocenters. The van der Waals surface area contributed by atoms with Gasteiger partial charge in [0.2, 0.25) is 0 Å². The van der Waals surface area contributed by atoms with Crippen LogP contribution in [0.4, 0.5) is 10.9 Å². The first-order valence-electron chi connectivity index (χ1n) is 9.84. The quantitative estimate of drug-likeness (QED) is 0.326. The molecule has 0 amide bonds. The van der Waals surface area contributed by atoms with E-state index in [0.717, 1.165) is 61.1 Å². The highest BCUT2D eigenvalue weighted by molar-refractivity contribution is 7.14. The second-order valence-corrected chi connectivity index (χ2v) is 7.36. The standard InChI is InChI=1S/C19H24N6OS.C2H6O/c1-3-21-18(20-2)24-19-23-16(13-27-19)15-5-4-6-17(22-15)25-10-7-14(8-11-25)9-12-26;1-3-2/h4-6,9,12-13H,3,7-8,10-11H2,1-2H3,(H2,20,21,23,24);1-2H3. The van der Waals surface area contributed by atoms with Gasteiger partial charge in [-0.3, -0.25) is 9.79 Å². The lowest BCUT2D eigenvalue weighted by molar-refractivity contribution is -0.104. The van der Waals surface area contributed by atoms with Crippen LogP contribution in [0, 0.1) is 0 Å². The van der Waals surface area contributed by atoms with Crippen molar-refractivity contribution >= 4 is 34.5 Å². The van der Waals surface area contributed by atoms with E-state index in [2.05, 4.69) is 30.2 Å². The number of ether oxygens (including phenoxy) is 1. The highest BCUT2D eigenvalue weighted by atomic mass is 32.1. The molecular weight excluding hydrogens is 400 g/mol. The summed E-state index contributed by atoms with van der Waals surface area (Å²) in [4.78, 5) is 26.5. The number of anilines is 2. The van der Waals surface area contributed by atoms with Gasteiger partial charge in [-0.25, -0.2) is 9.97 Å². The third-order valence-electron chi connectivity index (χ3n) is 4.33. The minimum Gasteiger partial charge on any atom is -0.388 e. The summed E-state index contributed by atoms with van der Waals surface area (Å²) in [5, 5.41) is 9.11. The Balaban J connectivity index is 0.00000101. The Morgan fingerprint density at radius 3 is 2.63 bits per heavy atom. The van der Waals surface area contributed by atoms with Crippen molar-refractivity contribution in [2.24, 2.45) is 4.99 Å². The molecule has 8 nitrogen and oxygen atoms in total. The van der Waals surface area contributed by atoms with Crippen LogP contribution in [0.3, 0.4) is 0 Å². The second-order valence-electron chi connectivity index (χ2n) is 6.50. The van der Waals surface area contributed by atoms with Gasteiger partial charge in [-0.1, -0.05) is 11.6 Å². The zero-order chi connectivity index (χ0) is 21.8. The van der Waals surface area contributed by atoms with Crippen LogP contribution in [0.2, 0.25) is 0 Å². The maximum atomic E-state index is 10.6. The van der Waals surface area contributed by atoms with E-state index in [4.69, 9.17) is 4.98 Å². The van der Waals surface area contributed by atoms with Gasteiger partial charge in [0.15, 0.2) is 11.1 Å². The summed E-state index contributed by atoms with van der Waals surface area (Å²) >= 11 is 1.52. The fourth-order valence-electron chi connectivity index (χ4n) is 2.92. The van der Waals surface area contributed by atoms with Crippen LogP contribution in [0.25, 0.3) is 11.4 Å². The average molecular weight is 431 g/mol. The lowest BCUT2D eigenvalue weighted by Gasteiger charge is -2.29. The topological polar surface area (TPSA) is 91.7 Å². The predicted octanol–water partition coefficient (Wildman–Crippen LogP) is 3.20. The molecule has 3 heterocycles. The summed E-state index contributed by atoms with van der Waals surface area (Å²) in [6.45, 7) is 4.56. The molecule has 1 fully saturated rings. The van der Waals surface area contributed by atoms with E-state index in [1.165, 1.54) is 16.9 Å². The number of aromatic nitrogens is 2. The number of aliphatic imine (C=N–C) groups is 1. The fourth-order valence-corrected chi connectivity index (χ4v) is 3.63. The largest absolute Gasteiger partial charge is 0.388 e. The number of hydrogen-bond donors (Lipinski definition) is 2. The smallest absolute Gasteiger partial charge is 0.197 e. The summed E-state index contributed by atoms with van der Waals surface area (Å²) in [6, 6.07) is 6.01. The number of pyridine rings is 1. The minimum absolute atomic E-state index is 0.701. The van der Waals surface area contributed by atoms with Crippen molar-refractivity contribution in [3.8, 4) is 11.4 Å². The molecule has 162 valence electrons. The van der Waals surface area contributed by atoms with E-state index < -0.39 is 0 Å². The number of nitrogens with zero attached hydrogens (tertiary/aromatic N) is 4. The van der Waals surface area contributed by atoms with E-state index in [1.807, 2.05) is 30.5 Å². The lowest BCUT2D eigenvalue weighted by atomic mass is 10.0. The second kappa shape index (κ2) is 12.7. The third-order valence-corrected chi connectivity index (χ3v) is 5.09. The van der Waals surface area contributed by atoms with Gasteiger partial charge in [0.1, 0.15) is 17.8 Å². The maximum Gasteiger partial charge on any atom is 0.197 e. The molecule has 3 rings (SSSR count). The first-order valence-corrected chi connectivity index (χ1v) is 10.7. The van der Waals surface area contributed by atoms with Crippen LogP contribution in [0.1, 0.15) is 19.8 Å². The van der Waals surface area contributed by atoms with Gasteiger partial charge in [0.05, 0.1) is 5.69 Å². The Kier molecular flexibility index (Phi) is 9.96. The summed E-state index contributed by atoms with van der Waals surface area (Å²) < 4.78 is 4.25. The zero-order valence-corrected chi connectivity index (χ0v) is 18.8. The van der Waals surface area contributed by atoms with Gasteiger partial charge < -0.3 is 20.3 Å². The molecule has 0 spiro atoms. The lowest BCUT2D eigenvalue weighted by Crippen LogP contribution is -2.31. The Bertz CT molecular complexity index is 855. The van der Waals surface area contributed by atoms with Crippen LogP contribution < -0.4 is 15.5 Å². The Morgan fingerprint density at radius 1 is 1.27 bits per heavy atom. The Morgan fingerprint density at radius 2 is 2.00 bits per heavy atom. The highest BCUT2D eigenvalue weighted by Crippen LogP contribution is 2.27. The SMILES string of the molecule is CCNC(=NC)Nc1nc(-c2cccc(N3CCC(=CC=O)CC3)n2)cs1.COC. The van der Waals surface area contributed by atoms with Crippen molar-refractivity contribution in [2.45, 2.75) is 19.8 Å². The van der Waals surface area contributed by atoms with E-state index in [1.54, 1.807) is 27.3 Å². The predicted molar refractivity (Wildman–Crippen MR) is 125 cm³/mol. The van der Waals surface area contributed by atoms with E-state index >= 15 is 0 Å². The van der Waals surface area contributed by atoms with Gasteiger partial charge in [0, 0.05) is 46.3 Å². The van der Waals surface area contributed by atoms with Crippen LogP contribution in [0.15, 0.2) is 40.2 Å². The molecule has 0 unspecified atom stereocenters. The number of aldehydes is 1. The first-order chi connectivity index (χ1) is 14.6. The normalized spacial score (nSPS) is 13.9. The number of carbonyl (C=O) groups excluding carboxylic acids is 1. The van der Waals surface area contributed by atoms with Crippen molar-refractivity contribution in [3.05, 3.63) is 35.2 Å². The molecule has 2 aromatic heterocycles. The van der Waals surface area contributed by atoms with Crippen molar-refractivity contribution in [1.82, 2.24) is 15.3 Å². The monoisotopic (exact) mass is 430 g/mol. The van der Waals surface area contributed by atoms with Crippen molar-refractivity contribution in [3.63, 3.8) is 0 Å². The molecule has 0 aliphatic carbocycles. The first kappa shape index (κ1) is 23.5. The maximum absolute atomic E-state index is 10.6.